The van der Waals surface area contributed by atoms with Crippen LogP contribution < -0.4 is 0 Å². The Bertz CT molecular complexity index is 182. The van der Waals surface area contributed by atoms with Crippen molar-refractivity contribution >= 4 is 6.21 Å². The molecule has 0 radical (unpaired) electrons. The SMILES string of the molecule is CC(C)(C)CCC1=CCC=N1. The Morgan fingerprint density at radius 1 is 1.45 bits per heavy atom. The van der Waals surface area contributed by atoms with Crippen molar-refractivity contribution in [3.63, 3.8) is 0 Å². The van der Waals surface area contributed by atoms with E-state index in [9.17, 15) is 0 Å². The molecule has 0 amide bonds. The highest BCUT2D eigenvalue weighted by molar-refractivity contribution is 5.64. The Kier molecular flexibility index (Phi) is 2.48. The average molecular weight is 151 g/mol. The van der Waals surface area contributed by atoms with Crippen molar-refractivity contribution in [2.75, 3.05) is 0 Å². The van der Waals surface area contributed by atoms with E-state index >= 15 is 0 Å². The molecule has 1 aliphatic rings. The van der Waals surface area contributed by atoms with Crippen molar-refractivity contribution < 1.29 is 0 Å². The maximum absolute atomic E-state index is 4.27. The van der Waals surface area contributed by atoms with Gasteiger partial charge in [0.2, 0.25) is 0 Å². The Morgan fingerprint density at radius 3 is 2.64 bits per heavy atom. The predicted octanol–water partition coefficient (Wildman–Crippen LogP) is 3.17. The molecule has 1 heterocycles. The molecule has 11 heavy (non-hydrogen) atoms. The summed E-state index contributed by atoms with van der Waals surface area (Å²) in [6, 6.07) is 0. The van der Waals surface area contributed by atoms with Gasteiger partial charge in [-0.1, -0.05) is 26.8 Å². The van der Waals surface area contributed by atoms with E-state index in [1.807, 2.05) is 6.21 Å². The first-order valence-corrected chi connectivity index (χ1v) is 4.29. The largest absolute Gasteiger partial charge is 0.266 e. The summed E-state index contributed by atoms with van der Waals surface area (Å²) in [5.41, 5.74) is 1.72. The first-order valence-electron chi connectivity index (χ1n) is 4.29. The molecule has 0 spiro atoms. The Balaban J connectivity index is 2.28. The van der Waals surface area contributed by atoms with Gasteiger partial charge in [0.05, 0.1) is 0 Å². The number of hydrogen-bond acceptors (Lipinski definition) is 1. The smallest absolute Gasteiger partial charge is 0.0363 e. The van der Waals surface area contributed by atoms with Gasteiger partial charge in [-0.25, -0.2) is 0 Å². The molecule has 0 fully saturated rings. The van der Waals surface area contributed by atoms with Crippen LogP contribution in [0.25, 0.3) is 0 Å². The Morgan fingerprint density at radius 2 is 2.18 bits per heavy atom. The van der Waals surface area contributed by atoms with Crippen molar-refractivity contribution in [2.45, 2.75) is 40.0 Å². The minimum absolute atomic E-state index is 0.443. The standard InChI is InChI=1S/C10H17N/c1-10(2,3)7-6-9-5-4-8-11-9/h5,8H,4,6-7H2,1-3H3. The van der Waals surface area contributed by atoms with E-state index in [2.05, 4.69) is 31.8 Å². The van der Waals surface area contributed by atoms with Crippen LogP contribution in [0.3, 0.4) is 0 Å². The van der Waals surface area contributed by atoms with Gasteiger partial charge in [0.1, 0.15) is 0 Å². The fourth-order valence-electron chi connectivity index (χ4n) is 1.08. The van der Waals surface area contributed by atoms with Crippen molar-refractivity contribution in [3.05, 3.63) is 11.8 Å². The Hall–Kier alpha value is -0.590. The summed E-state index contributed by atoms with van der Waals surface area (Å²) in [4.78, 5) is 4.27. The summed E-state index contributed by atoms with van der Waals surface area (Å²) < 4.78 is 0. The van der Waals surface area contributed by atoms with Crippen LogP contribution in [0.15, 0.2) is 16.8 Å². The highest BCUT2D eigenvalue weighted by Crippen LogP contribution is 2.24. The lowest BCUT2D eigenvalue weighted by atomic mass is 9.90. The van der Waals surface area contributed by atoms with E-state index in [4.69, 9.17) is 0 Å². The van der Waals surface area contributed by atoms with E-state index in [1.54, 1.807) is 0 Å². The zero-order chi connectivity index (χ0) is 8.32. The van der Waals surface area contributed by atoms with Gasteiger partial charge in [-0.3, -0.25) is 4.99 Å². The van der Waals surface area contributed by atoms with Gasteiger partial charge < -0.3 is 0 Å². The second-order valence-electron chi connectivity index (χ2n) is 4.30. The lowest BCUT2D eigenvalue weighted by molar-refractivity contribution is 0.377. The highest BCUT2D eigenvalue weighted by atomic mass is 14.7. The third-order valence-electron chi connectivity index (χ3n) is 1.85. The molecular formula is C10H17N. The molecule has 62 valence electrons. The first kappa shape index (κ1) is 8.51. The summed E-state index contributed by atoms with van der Waals surface area (Å²) in [6.07, 6.45) is 7.61. The molecule has 1 nitrogen and oxygen atoms in total. The number of nitrogens with zero attached hydrogens (tertiary/aromatic N) is 1. The van der Waals surface area contributed by atoms with Crippen molar-refractivity contribution in [2.24, 2.45) is 10.4 Å². The average Bonchev–Trinajstić information content (AvgIpc) is 2.32. The van der Waals surface area contributed by atoms with Crippen molar-refractivity contribution in [1.29, 1.82) is 0 Å². The summed E-state index contributed by atoms with van der Waals surface area (Å²) >= 11 is 0. The van der Waals surface area contributed by atoms with Gasteiger partial charge in [-0.2, -0.15) is 0 Å². The van der Waals surface area contributed by atoms with E-state index in [0.29, 0.717) is 5.41 Å². The summed E-state index contributed by atoms with van der Waals surface area (Å²) in [5.74, 6) is 0. The lowest BCUT2D eigenvalue weighted by Crippen LogP contribution is -2.04. The van der Waals surface area contributed by atoms with Crippen LogP contribution in [0.1, 0.15) is 40.0 Å². The van der Waals surface area contributed by atoms with Crippen LogP contribution in [0.4, 0.5) is 0 Å². The third kappa shape index (κ3) is 3.35. The molecule has 0 saturated heterocycles. The maximum Gasteiger partial charge on any atom is 0.0363 e. The van der Waals surface area contributed by atoms with Crippen LogP contribution in [0, 0.1) is 5.41 Å². The van der Waals surface area contributed by atoms with E-state index < -0.39 is 0 Å². The van der Waals surface area contributed by atoms with Gasteiger partial charge in [0.15, 0.2) is 0 Å². The van der Waals surface area contributed by atoms with Gasteiger partial charge in [0, 0.05) is 18.3 Å². The minimum Gasteiger partial charge on any atom is -0.266 e. The van der Waals surface area contributed by atoms with Crippen molar-refractivity contribution in [3.8, 4) is 0 Å². The van der Waals surface area contributed by atoms with Gasteiger partial charge in [-0.15, -0.1) is 0 Å². The molecule has 0 unspecified atom stereocenters. The molecule has 0 saturated carbocycles. The molecule has 0 aromatic heterocycles. The monoisotopic (exact) mass is 151 g/mol. The molecular weight excluding hydrogens is 134 g/mol. The fourth-order valence-corrected chi connectivity index (χ4v) is 1.08. The van der Waals surface area contributed by atoms with Crippen LogP contribution in [-0.4, -0.2) is 6.21 Å². The molecule has 1 heteroatoms. The van der Waals surface area contributed by atoms with E-state index in [0.717, 1.165) is 12.8 Å². The minimum atomic E-state index is 0.443. The van der Waals surface area contributed by atoms with Crippen LogP contribution in [0.2, 0.25) is 0 Å². The summed E-state index contributed by atoms with van der Waals surface area (Å²) in [5, 5.41) is 0. The second kappa shape index (κ2) is 3.21. The zero-order valence-corrected chi connectivity index (χ0v) is 7.72. The van der Waals surface area contributed by atoms with E-state index in [-0.39, 0.29) is 0 Å². The summed E-state index contributed by atoms with van der Waals surface area (Å²) in [6.45, 7) is 6.81. The highest BCUT2D eigenvalue weighted by Gasteiger charge is 2.11. The number of hydrogen-bond donors (Lipinski definition) is 0. The second-order valence-corrected chi connectivity index (χ2v) is 4.30. The molecule has 0 bridgehead atoms. The normalized spacial score (nSPS) is 17.2. The molecule has 0 aliphatic carbocycles. The number of rotatable bonds is 2. The predicted molar refractivity (Wildman–Crippen MR) is 49.9 cm³/mol. The molecule has 0 aromatic carbocycles. The molecule has 1 rings (SSSR count). The molecule has 0 aromatic rings. The van der Waals surface area contributed by atoms with Gasteiger partial charge in [-0.05, 0) is 18.3 Å². The Labute approximate surface area is 69.2 Å². The van der Waals surface area contributed by atoms with Crippen LogP contribution in [0.5, 0.6) is 0 Å². The topological polar surface area (TPSA) is 12.4 Å². The quantitative estimate of drug-likeness (QED) is 0.575. The first-order chi connectivity index (χ1) is 5.08. The zero-order valence-electron chi connectivity index (χ0n) is 7.72. The van der Waals surface area contributed by atoms with Crippen LogP contribution in [-0.2, 0) is 0 Å². The molecule has 0 atom stereocenters. The molecule has 1 aliphatic heterocycles. The van der Waals surface area contributed by atoms with Crippen molar-refractivity contribution in [1.82, 2.24) is 0 Å². The maximum atomic E-state index is 4.27. The molecule has 0 N–H and O–H groups in total. The van der Waals surface area contributed by atoms with Gasteiger partial charge in [0.25, 0.3) is 0 Å². The van der Waals surface area contributed by atoms with E-state index in [1.165, 1.54) is 12.1 Å². The van der Waals surface area contributed by atoms with Crippen LogP contribution >= 0.6 is 0 Å². The fraction of sp³-hybridized carbons (Fsp3) is 0.700. The number of aliphatic imine (C=N–C) groups is 1. The van der Waals surface area contributed by atoms with Gasteiger partial charge >= 0.3 is 0 Å². The summed E-state index contributed by atoms with van der Waals surface area (Å²) in [7, 11) is 0. The number of allylic oxidation sites excluding steroid dienone is 2. The third-order valence-corrected chi connectivity index (χ3v) is 1.85. The lowest BCUT2D eigenvalue weighted by Gasteiger charge is -2.17.